The molecule has 0 aromatic carbocycles. The zero-order valence-electron chi connectivity index (χ0n) is 25.9. The molecule has 5 rings (SSSR count). The summed E-state index contributed by atoms with van der Waals surface area (Å²) in [4.78, 5) is 40.4. The Kier molecular flexibility index (Phi) is 7.91. The Morgan fingerprint density at radius 2 is 1.62 bits per heavy atom. The van der Waals surface area contributed by atoms with E-state index in [0.717, 1.165) is 51.7 Å². The van der Waals surface area contributed by atoms with Gasteiger partial charge >= 0.3 is 11.9 Å². The van der Waals surface area contributed by atoms with Gasteiger partial charge in [-0.05, 0) is 105 Å². The number of likely N-dealkylation sites (tertiary alicyclic amines) is 1. The third kappa shape index (κ3) is 4.90. The first-order chi connectivity index (χ1) is 18.8. The van der Waals surface area contributed by atoms with Gasteiger partial charge in [0.25, 0.3) is 0 Å². The summed E-state index contributed by atoms with van der Waals surface area (Å²) < 4.78 is 12.0. The highest BCUT2D eigenvalue weighted by atomic mass is 16.6. The van der Waals surface area contributed by atoms with Gasteiger partial charge in [-0.15, -0.1) is 0 Å². The van der Waals surface area contributed by atoms with Gasteiger partial charge in [0.05, 0.1) is 6.42 Å². The maximum Gasteiger partial charge on any atom is 0.307 e. The summed E-state index contributed by atoms with van der Waals surface area (Å²) in [5.41, 5.74) is 1.28. The van der Waals surface area contributed by atoms with Crippen LogP contribution in [0.15, 0.2) is 23.3 Å². The lowest BCUT2D eigenvalue weighted by atomic mass is 9.47. The molecule has 0 amide bonds. The molecule has 6 nitrogen and oxygen atoms in total. The Bertz CT molecular complexity index is 1100. The topological polar surface area (TPSA) is 72.9 Å². The van der Waals surface area contributed by atoms with Gasteiger partial charge in [-0.1, -0.05) is 39.3 Å². The van der Waals surface area contributed by atoms with Crippen LogP contribution in [-0.2, 0) is 23.9 Å². The number of hydrogen-bond donors (Lipinski definition) is 0. The predicted molar refractivity (Wildman–Crippen MR) is 155 cm³/mol. The molecule has 0 N–H and O–H groups in total. The van der Waals surface area contributed by atoms with Gasteiger partial charge in [-0.25, -0.2) is 0 Å². The number of ketones is 1. The standard InChI is InChI=1S/C34H51NO5/c1-21-16-22(2)20-35(19-21)15-11-31(38)39-26-8-12-32(6)28-9-13-33(7)29(27(28)17-23(3)30(32)18-26)10-14-34(33,24(4)36)40-25(5)37/h17-18,21-22,26-29H,8-16,19-20H2,1-7H3/t21-,22+,26-,27-,28-,29-,32-,33+,34+/m1/s1. The lowest BCUT2D eigenvalue weighted by Gasteiger charge is -2.58. The van der Waals surface area contributed by atoms with Gasteiger partial charge < -0.3 is 14.4 Å². The second-order valence-corrected chi connectivity index (χ2v) is 14.6. The molecular weight excluding hydrogens is 502 g/mol. The lowest BCUT2D eigenvalue weighted by molar-refractivity contribution is -0.185. The van der Waals surface area contributed by atoms with E-state index in [2.05, 4.69) is 51.7 Å². The van der Waals surface area contributed by atoms with E-state index >= 15 is 0 Å². The summed E-state index contributed by atoms with van der Waals surface area (Å²) in [6.45, 7) is 17.4. The van der Waals surface area contributed by atoms with Crippen molar-refractivity contribution in [2.24, 2.45) is 40.4 Å². The fourth-order valence-electron chi connectivity index (χ4n) is 10.2. The van der Waals surface area contributed by atoms with Crippen LogP contribution in [0.3, 0.4) is 0 Å². The largest absolute Gasteiger partial charge is 0.458 e. The highest BCUT2D eigenvalue weighted by Gasteiger charge is 2.67. The van der Waals surface area contributed by atoms with Crippen LogP contribution >= 0.6 is 0 Å². The van der Waals surface area contributed by atoms with E-state index in [9.17, 15) is 14.4 Å². The third-order valence-corrected chi connectivity index (χ3v) is 11.8. The van der Waals surface area contributed by atoms with Gasteiger partial charge in [-0.2, -0.15) is 0 Å². The van der Waals surface area contributed by atoms with E-state index in [1.54, 1.807) is 6.92 Å². The fraction of sp³-hybridized carbons (Fsp3) is 0.794. The Hall–Kier alpha value is -1.95. The Balaban J connectivity index is 1.31. The molecule has 9 atom stereocenters. The monoisotopic (exact) mass is 553 g/mol. The Morgan fingerprint density at radius 1 is 0.950 bits per heavy atom. The molecule has 1 heterocycles. The molecule has 6 heteroatoms. The number of fused-ring (bicyclic) bond motifs is 5. The minimum atomic E-state index is -1.01. The molecule has 4 aliphatic carbocycles. The smallest absolute Gasteiger partial charge is 0.307 e. The molecule has 0 bridgehead atoms. The van der Waals surface area contributed by atoms with Crippen molar-refractivity contribution in [1.82, 2.24) is 4.90 Å². The molecule has 3 fully saturated rings. The van der Waals surface area contributed by atoms with Gasteiger partial charge in [0.1, 0.15) is 6.10 Å². The van der Waals surface area contributed by atoms with Crippen molar-refractivity contribution < 1.29 is 23.9 Å². The molecule has 40 heavy (non-hydrogen) atoms. The molecule has 1 saturated heterocycles. The number of carbonyl (C=O) groups excluding carboxylic acids is 3. The second-order valence-electron chi connectivity index (χ2n) is 14.6. The minimum Gasteiger partial charge on any atom is -0.458 e. The molecule has 5 aliphatic rings. The molecule has 1 aliphatic heterocycles. The van der Waals surface area contributed by atoms with E-state index in [1.807, 2.05) is 0 Å². The van der Waals surface area contributed by atoms with Crippen molar-refractivity contribution in [2.75, 3.05) is 19.6 Å². The van der Waals surface area contributed by atoms with Crippen LogP contribution in [0.5, 0.6) is 0 Å². The molecule has 0 aromatic rings. The number of piperidine rings is 1. The van der Waals surface area contributed by atoms with Crippen LogP contribution in [0.4, 0.5) is 0 Å². The van der Waals surface area contributed by atoms with Gasteiger partial charge in [0.15, 0.2) is 11.4 Å². The minimum absolute atomic E-state index is 0.0129. The number of allylic oxidation sites excluding steroid dienone is 3. The normalized spacial score (nSPS) is 43.0. The highest BCUT2D eigenvalue weighted by Crippen LogP contribution is 2.68. The first-order valence-corrected chi connectivity index (χ1v) is 15.8. The van der Waals surface area contributed by atoms with Gasteiger partial charge in [-0.3, -0.25) is 14.4 Å². The first kappa shape index (κ1) is 29.5. The average Bonchev–Trinajstić information content (AvgIpc) is 3.16. The summed E-state index contributed by atoms with van der Waals surface area (Å²) in [6.07, 6.45) is 11.5. The summed E-state index contributed by atoms with van der Waals surface area (Å²) in [6, 6.07) is 0. The van der Waals surface area contributed by atoms with Crippen LogP contribution in [0.25, 0.3) is 0 Å². The zero-order valence-corrected chi connectivity index (χ0v) is 25.9. The van der Waals surface area contributed by atoms with E-state index in [0.29, 0.717) is 42.4 Å². The van der Waals surface area contributed by atoms with E-state index in [-0.39, 0.29) is 34.7 Å². The predicted octanol–water partition coefficient (Wildman–Crippen LogP) is 6.29. The number of hydrogen-bond acceptors (Lipinski definition) is 6. The number of nitrogens with zero attached hydrogens (tertiary/aromatic N) is 1. The molecule has 2 saturated carbocycles. The summed E-state index contributed by atoms with van der Waals surface area (Å²) in [5, 5.41) is 0. The van der Waals surface area contributed by atoms with Crippen molar-refractivity contribution in [2.45, 2.75) is 112 Å². The first-order valence-electron chi connectivity index (χ1n) is 15.8. The number of Topliss-reactive ketones (excluding diaryl/α,β-unsaturated/α-hetero) is 1. The van der Waals surface area contributed by atoms with E-state index in [1.165, 1.54) is 24.5 Å². The number of ether oxygens (including phenoxy) is 2. The van der Waals surface area contributed by atoms with Crippen LogP contribution in [-0.4, -0.2) is 54.0 Å². The van der Waals surface area contributed by atoms with E-state index < -0.39 is 5.60 Å². The Labute approximate surface area is 241 Å². The molecule has 0 spiro atoms. The van der Waals surface area contributed by atoms with Crippen molar-refractivity contribution in [3.05, 3.63) is 23.3 Å². The van der Waals surface area contributed by atoms with Crippen molar-refractivity contribution in [3.8, 4) is 0 Å². The zero-order chi connectivity index (χ0) is 29.0. The van der Waals surface area contributed by atoms with Crippen molar-refractivity contribution in [1.29, 1.82) is 0 Å². The molecule has 0 aromatic heterocycles. The fourth-order valence-corrected chi connectivity index (χ4v) is 10.2. The van der Waals surface area contributed by atoms with Crippen LogP contribution in [0, 0.1) is 40.4 Å². The van der Waals surface area contributed by atoms with Crippen LogP contribution in [0.1, 0.15) is 99.8 Å². The summed E-state index contributed by atoms with van der Waals surface area (Å²) in [5.74, 6) is 2.04. The second kappa shape index (κ2) is 10.7. The average molecular weight is 554 g/mol. The lowest BCUT2D eigenvalue weighted by Crippen LogP contribution is -2.58. The maximum atomic E-state index is 13.0. The molecule has 0 radical (unpaired) electrons. The molecule has 222 valence electrons. The quantitative estimate of drug-likeness (QED) is 0.360. The molecular formula is C34H51NO5. The number of carbonyl (C=O) groups is 3. The van der Waals surface area contributed by atoms with Crippen molar-refractivity contribution >= 4 is 17.7 Å². The number of esters is 2. The van der Waals surface area contributed by atoms with Crippen LogP contribution in [0.2, 0.25) is 0 Å². The van der Waals surface area contributed by atoms with Crippen LogP contribution < -0.4 is 0 Å². The summed E-state index contributed by atoms with van der Waals surface area (Å²) in [7, 11) is 0. The summed E-state index contributed by atoms with van der Waals surface area (Å²) >= 11 is 0. The van der Waals surface area contributed by atoms with E-state index in [4.69, 9.17) is 9.47 Å². The highest BCUT2D eigenvalue weighted by molar-refractivity contribution is 5.89. The Morgan fingerprint density at radius 3 is 2.27 bits per heavy atom. The third-order valence-electron chi connectivity index (χ3n) is 11.8. The van der Waals surface area contributed by atoms with Gasteiger partial charge in [0.2, 0.25) is 0 Å². The molecule has 0 unspecified atom stereocenters. The maximum absolute atomic E-state index is 13.0. The van der Waals surface area contributed by atoms with Gasteiger partial charge in [0, 0.05) is 32.0 Å². The number of rotatable bonds is 6. The van der Waals surface area contributed by atoms with Crippen molar-refractivity contribution in [3.63, 3.8) is 0 Å². The SMILES string of the molecule is CC(=O)O[C@]1(C(C)=O)CC[C@@H]2[C@@H]3C=C(C)C4=C[C@H](OC(=O)CCN5C[C@H](C)C[C@H](C)C5)CC[C@]4(C)[C@@H]3CC[C@@]21C.